The summed E-state index contributed by atoms with van der Waals surface area (Å²) in [4.78, 5) is 8.68. The number of anilines is 1. The van der Waals surface area contributed by atoms with Crippen LogP contribution < -0.4 is 5.32 Å². The average molecular weight is 259 g/mol. The van der Waals surface area contributed by atoms with Gasteiger partial charge in [0.05, 0.1) is 0 Å². The van der Waals surface area contributed by atoms with Crippen molar-refractivity contribution in [1.29, 1.82) is 0 Å². The van der Waals surface area contributed by atoms with Gasteiger partial charge in [-0.2, -0.15) is 0 Å². The van der Waals surface area contributed by atoms with Crippen molar-refractivity contribution >= 4 is 11.9 Å². The summed E-state index contributed by atoms with van der Waals surface area (Å²) in [5, 5.41) is 3.76. The number of aryl methyl sites for hydroxylation is 2. The van der Waals surface area contributed by atoms with Crippen molar-refractivity contribution in [2.24, 2.45) is 4.99 Å². The lowest BCUT2D eigenvalue weighted by atomic mass is 9.94. The molecule has 0 bridgehead atoms. The molecule has 0 aliphatic heterocycles. The van der Waals surface area contributed by atoms with Crippen LogP contribution in [0.3, 0.4) is 0 Å². The third-order valence-electron chi connectivity index (χ3n) is 3.99. The van der Waals surface area contributed by atoms with E-state index in [1.165, 1.54) is 43.4 Å². The van der Waals surface area contributed by atoms with Crippen molar-refractivity contribution in [2.75, 3.05) is 12.4 Å². The largest absolute Gasteiger partial charge is 0.381 e. The van der Waals surface area contributed by atoms with E-state index in [4.69, 9.17) is 0 Å². The molecule has 0 aromatic carbocycles. The van der Waals surface area contributed by atoms with Gasteiger partial charge in [0.25, 0.3) is 0 Å². The molecule has 1 aromatic rings. The fraction of sp³-hybridized carbons (Fsp3) is 0.625. The quantitative estimate of drug-likeness (QED) is 0.836. The first-order chi connectivity index (χ1) is 9.26. The smallest absolute Gasteiger partial charge is 0.0497 e. The summed E-state index contributed by atoms with van der Waals surface area (Å²) < 4.78 is 0. The Morgan fingerprint density at radius 1 is 1.37 bits per heavy atom. The first-order valence-corrected chi connectivity index (χ1v) is 7.43. The SMILES string of the molecule is CCc1cnc(C)c(C=NC)c1NC1CCCCC1. The van der Waals surface area contributed by atoms with Gasteiger partial charge in [-0.1, -0.05) is 26.2 Å². The Kier molecular flexibility index (Phi) is 4.94. The summed E-state index contributed by atoms with van der Waals surface area (Å²) in [5.41, 5.74) is 4.77. The zero-order valence-corrected chi connectivity index (χ0v) is 12.4. The van der Waals surface area contributed by atoms with Crippen molar-refractivity contribution < 1.29 is 0 Å². The standard InChI is InChI=1S/C16H25N3/c1-4-13-10-18-12(2)15(11-17-3)16(13)19-14-8-6-5-7-9-14/h10-11,14H,4-9H2,1-3H3,(H,18,19). The average Bonchev–Trinajstić information content (AvgIpc) is 2.44. The van der Waals surface area contributed by atoms with Crippen LogP contribution in [0.5, 0.6) is 0 Å². The molecule has 1 aliphatic rings. The highest BCUT2D eigenvalue weighted by Crippen LogP contribution is 2.27. The van der Waals surface area contributed by atoms with E-state index < -0.39 is 0 Å². The second kappa shape index (κ2) is 6.69. The van der Waals surface area contributed by atoms with Crippen molar-refractivity contribution in [3.8, 4) is 0 Å². The van der Waals surface area contributed by atoms with Crippen LogP contribution in [-0.2, 0) is 6.42 Å². The molecule has 3 heteroatoms. The molecule has 2 rings (SSSR count). The van der Waals surface area contributed by atoms with E-state index in [9.17, 15) is 0 Å². The fourth-order valence-electron chi connectivity index (χ4n) is 2.84. The van der Waals surface area contributed by atoms with Gasteiger partial charge in [0, 0.05) is 42.4 Å². The summed E-state index contributed by atoms with van der Waals surface area (Å²) in [6, 6.07) is 0.616. The van der Waals surface area contributed by atoms with Crippen molar-refractivity contribution in [3.05, 3.63) is 23.0 Å². The first-order valence-electron chi connectivity index (χ1n) is 7.43. The van der Waals surface area contributed by atoms with E-state index in [0.717, 1.165) is 17.7 Å². The molecule has 1 heterocycles. The van der Waals surface area contributed by atoms with Gasteiger partial charge in [-0.3, -0.25) is 9.98 Å². The maximum Gasteiger partial charge on any atom is 0.0497 e. The third-order valence-corrected chi connectivity index (χ3v) is 3.99. The maximum absolute atomic E-state index is 4.49. The minimum Gasteiger partial charge on any atom is -0.381 e. The molecule has 1 aliphatic carbocycles. The number of aromatic nitrogens is 1. The zero-order chi connectivity index (χ0) is 13.7. The van der Waals surface area contributed by atoms with E-state index >= 15 is 0 Å². The van der Waals surface area contributed by atoms with Gasteiger partial charge in [-0.15, -0.1) is 0 Å². The van der Waals surface area contributed by atoms with E-state index in [0.29, 0.717) is 6.04 Å². The Balaban J connectivity index is 2.31. The lowest BCUT2D eigenvalue weighted by Gasteiger charge is -2.26. The minimum absolute atomic E-state index is 0.616. The van der Waals surface area contributed by atoms with Crippen LogP contribution in [0, 0.1) is 6.92 Å². The van der Waals surface area contributed by atoms with Gasteiger partial charge < -0.3 is 5.32 Å². The number of aliphatic imine (C=N–C) groups is 1. The highest BCUT2D eigenvalue weighted by molar-refractivity contribution is 5.90. The summed E-state index contributed by atoms with van der Waals surface area (Å²) >= 11 is 0. The number of pyridine rings is 1. The predicted octanol–water partition coefficient (Wildman–Crippen LogP) is 3.75. The number of rotatable bonds is 4. The van der Waals surface area contributed by atoms with Crippen molar-refractivity contribution in [1.82, 2.24) is 4.98 Å². The van der Waals surface area contributed by atoms with Crippen LogP contribution >= 0.6 is 0 Å². The molecule has 0 atom stereocenters. The first kappa shape index (κ1) is 14.0. The van der Waals surface area contributed by atoms with Gasteiger partial charge in [0.1, 0.15) is 0 Å². The van der Waals surface area contributed by atoms with Crippen LogP contribution in [0.2, 0.25) is 0 Å². The van der Waals surface area contributed by atoms with Gasteiger partial charge in [0.2, 0.25) is 0 Å². The third kappa shape index (κ3) is 3.34. The highest BCUT2D eigenvalue weighted by atomic mass is 14.9. The zero-order valence-electron chi connectivity index (χ0n) is 12.4. The minimum atomic E-state index is 0.616. The molecule has 3 nitrogen and oxygen atoms in total. The lowest BCUT2D eigenvalue weighted by molar-refractivity contribution is 0.462. The molecule has 0 unspecified atom stereocenters. The predicted molar refractivity (Wildman–Crippen MR) is 82.4 cm³/mol. The van der Waals surface area contributed by atoms with Crippen molar-refractivity contribution in [2.45, 2.75) is 58.4 Å². The Morgan fingerprint density at radius 2 is 2.11 bits per heavy atom. The number of hydrogen-bond donors (Lipinski definition) is 1. The van der Waals surface area contributed by atoms with Crippen LogP contribution in [-0.4, -0.2) is 24.3 Å². The molecule has 0 saturated heterocycles. The molecular formula is C16H25N3. The second-order valence-electron chi connectivity index (χ2n) is 5.38. The Hall–Kier alpha value is -1.38. The van der Waals surface area contributed by atoms with E-state index in [2.05, 4.69) is 29.1 Å². The van der Waals surface area contributed by atoms with Gasteiger partial charge in [0.15, 0.2) is 0 Å². The lowest BCUT2D eigenvalue weighted by Crippen LogP contribution is -2.24. The van der Waals surface area contributed by atoms with E-state index in [1.807, 2.05) is 19.5 Å². The molecule has 104 valence electrons. The fourth-order valence-corrected chi connectivity index (χ4v) is 2.84. The van der Waals surface area contributed by atoms with Gasteiger partial charge >= 0.3 is 0 Å². The van der Waals surface area contributed by atoms with Gasteiger partial charge in [-0.05, 0) is 31.7 Å². The highest BCUT2D eigenvalue weighted by Gasteiger charge is 2.17. The molecule has 1 fully saturated rings. The Morgan fingerprint density at radius 3 is 2.74 bits per heavy atom. The molecule has 1 N–H and O–H groups in total. The van der Waals surface area contributed by atoms with E-state index in [1.54, 1.807) is 0 Å². The maximum atomic E-state index is 4.49. The Labute approximate surface area is 116 Å². The Bertz CT molecular complexity index is 446. The van der Waals surface area contributed by atoms with Crippen LogP contribution in [0.15, 0.2) is 11.2 Å². The number of nitrogens with zero attached hydrogens (tertiary/aromatic N) is 2. The molecular weight excluding hydrogens is 234 g/mol. The summed E-state index contributed by atoms with van der Waals surface area (Å²) in [6.45, 7) is 4.24. The second-order valence-corrected chi connectivity index (χ2v) is 5.38. The monoisotopic (exact) mass is 259 g/mol. The molecule has 0 amide bonds. The molecule has 1 saturated carbocycles. The molecule has 0 radical (unpaired) electrons. The van der Waals surface area contributed by atoms with Crippen molar-refractivity contribution in [3.63, 3.8) is 0 Å². The van der Waals surface area contributed by atoms with Crippen LogP contribution in [0.1, 0.15) is 55.8 Å². The van der Waals surface area contributed by atoms with Crippen LogP contribution in [0.4, 0.5) is 5.69 Å². The summed E-state index contributed by atoms with van der Waals surface area (Å²) in [6.07, 6.45) is 11.6. The number of nitrogens with one attached hydrogen (secondary N) is 1. The topological polar surface area (TPSA) is 37.3 Å². The normalized spacial score (nSPS) is 17.0. The van der Waals surface area contributed by atoms with Gasteiger partial charge in [-0.25, -0.2) is 0 Å². The molecule has 19 heavy (non-hydrogen) atoms. The summed E-state index contributed by atoms with van der Waals surface area (Å²) in [5.74, 6) is 0. The van der Waals surface area contributed by atoms with E-state index in [-0.39, 0.29) is 0 Å². The summed E-state index contributed by atoms with van der Waals surface area (Å²) in [7, 11) is 1.82. The molecule has 1 aromatic heterocycles. The number of hydrogen-bond acceptors (Lipinski definition) is 3. The molecule has 0 spiro atoms. The van der Waals surface area contributed by atoms with Crippen LogP contribution in [0.25, 0.3) is 0 Å².